The van der Waals surface area contributed by atoms with Gasteiger partial charge in [-0.15, -0.1) is 0 Å². The lowest BCUT2D eigenvalue weighted by molar-refractivity contribution is 0.0272. The van der Waals surface area contributed by atoms with E-state index in [0.717, 1.165) is 24.1 Å². The highest BCUT2D eigenvalue weighted by Gasteiger charge is 2.39. The number of anilines is 1. The average Bonchev–Trinajstić information content (AvgIpc) is 2.36. The van der Waals surface area contributed by atoms with Crippen molar-refractivity contribution in [3.63, 3.8) is 0 Å². The van der Waals surface area contributed by atoms with Gasteiger partial charge in [-0.1, -0.05) is 15.9 Å². The van der Waals surface area contributed by atoms with Crippen molar-refractivity contribution in [2.24, 2.45) is 11.7 Å². The molecule has 0 aromatic heterocycles. The summed E-state index contributed by atoms with van der Waals surface area (Å²) in [6.07, 6.45) is 1.07. The number of halogens is 1. The predicted octanol–water partition coefficient (Wildman–Crippen LogP) is 2.30. The van der Waals surface area contributed by atoms with Crippen LogP contribution in [0.5, 0.6) is 0 Å². The SMILES string of the molecule is CN1c2ccc(Br)cc2C(N)C2COCCC21. The second-order valence-electron chi connectivity index (χ2n) is 4.93. The lowest BCUT2D eigenvalue weighted by Crippen LogP contribution is -2.51. The predicted molar refractivity (Wildman–Crippen MR) is 72.2 cm³/mol. The van der Waals surface area contributed by atoms with Crippen molar-refractivity contribution >= 4 is 21.6 Å². The molecule has 0 radical (unpaired) electrons. The summed E-state index contributed by atoms with van der Waals surface area (Å²) < 4.78 is 6.68. The molecule has 0 spiro atoms. The first kappa shape index (κ1) is 11.5. The molecule has 3 unspecified atom stereocenters. The fraction of sp³-hybridized carbons (Fsp3) is 0.538. The zero-order chi connectivity index (χ0) is 12.0. The molecule has 1 aromatic carbocycles. The van der Waals surface area contributed by atoms with E-state index in [1.54, 1.807) is 0 Å². The van der Waals surface area contributed by atoms with Gasteiger partial charge < -0.3 is 15.4 Å². The molecule has 3 atom stereocenters. The van der Waals surface area contributed by atoms with Crippen molar-refractivity contribution in [3.8, 4) is 0 Å². The maximum atomic E-state index is 6.40. The molecule has 1 aromatic rings. The Kier molecular flexibility index (Phi) is 2.89. The van der Waals surface area contributed by atoms with Crippen LogP contribution >= 0.6 is 15.9 Å². The quantitative estimate of drug-likeness (QED) is 0.798. The van der Waals surface area contributed by atoms with Crippen molar-refractivity contribution in [1.82, 2.24) is 0 Å². The molecule has 3 nitrogen and oxygen atoms in total. The standard InChI is InChI=1S/C13H17BrN2O/c1-16-11-3-2-8(14)6-9(11)13(15)10-7-17-5-4-12(10)16/h2-3,6,10,12-13H,4-5,7,15H2,1H3. The summed E-state index contributed by atoms with van der Waals surface area (Å²) in [5, 5.41) is 0. The Morgan fingerprint density at radius 2 is 2.29 bits per heavy atom. The van der Waals surface area contributed by atoms with Crippen LogP contribution in [0.1, 0.15) is 18.0 Å². The largest absolute Gasteiger partial charge is 0.381 e. The summed E-state index contributed by atoms with van der Waals surface area (Å²) in [5.74, 6) is 0.413. The van der Waals surface area contributed by atoms with Crippen LogP contribution in [-0.2, 0) is 4.74 Å². The molecule has 1 saturated heterocycles. The van der Waals surface area contributed by atoms with Crippen molar-refractivity contribution in [2.75, 3.05) is 25.2 Å². The van der Waals surface area contributed by atoms with E-state index in [4.69, 9.17) is 10.5 Å². The Morgan fingerprint density at radius 3 is 3.12 bits per heavy atom. The molecule has 92 valence electrons. The van der Waals surface area contributed by atoms with Gasteiger partial charge in [0.05, 0.1) is 6.61 Å². The number of fused-ring (bicyclic) bond motifs is 2. The highest BCUT2D eigenvalue weighted by Crippen LogP contribution is 2.42. The normalized spacial score (nSPS) is 31.9. The first-order chi connectivity index (χ1) is 8.18. The Morgan fingerprint density at radius 1 is 1.47 bits per heavy atom. The Hall–Kier alpha value is -0.580. The summed E-state index contributed by atoms with van der Waals surface area (Å²) in [6, 6.07) is 6.99. The molecule has 2 aliphatic heterocycles. The summed E-state index contributed by atoms with van der Waals surface area (Å²) in [6.45, 7) is 1.63. The van der Waals surface area contributed by atoms with Crippen LogP contribution < -0.4 is 10.6 Å². The minimum absolute atomic E-state index is 0.0870. The van der Waals surface area contributed by atoms with Gasteiger partial charge in [0.1, 0.15) is 0 Å². The lowest BCUT2D eigenvalue weighted by atomic mass is 9.80. The fourth-order valence-corrected chi connectivity index (χ4v) is 3.47. The molecule has 2 heterocycles. The smallest absolute Gasteiger partial charge is 0.0532 e. The van der Waals surface area contributed by atoms with Gasteiger partial charge in [-0.05, 0) is 30.2 Å². The zero-order valence-electron chi connectivity index (χ0n) is 9.90. The second kappa shape index (κ2) is 4.26. The molecule has 2 aliphatic rings. The minimum atomic E-state index is 0.0870. The first-order valence-corrected chi connectivity index (χ1v) is 6.83. The number of hydrogen-bond acceptors (Lipinski definition) is 3. The second-order valence-corrected chi connectivity index (χ2v) is 5.85. The van der Waals surface area contributed by atoms with Gasteiger partial charge in [0.2, 0.25) is 0 Å². The van der Waals surface area contributed by atoms with E-state index in [9.17, 15) is 0 Å². The molecule has 0 amide bonds. The molecule has 3 rings (SSSR count). The molecule has 0 saturated carbocycles. The summed E-state index contributed by atoms with van der Waals surface area (Å²) >= 11 is 3.52. The lowest BCUT2D eigenvalue weighted by Gasteiger charge is -2.47. The third kappa shape index (κ3) is 1.79. The van der Waals surface area contributed by atoms with Crippen LogP contribution in [0, 0.1) is 5.92 Å². The summed E-state index contributed by atoms with van der Waals surface area (Å²) in [5.41, 5.74) is 8.90. The monoisotopic (exact) mass is 296 g/mol. The third-order valence-electron chi connectivity index (χ3n) is 4.05. The van der Waals surface area contributed by atoms with Crippen LogP contribution in [0.2, 0.25) is 0 Å². The van der Waals surface area contributed by atoms with E-state index >= 15 is 0 Å². The zero-order valence-corrected chi connectivity index (χ0v) is 11.5. The van der Waals surface area contributed by atoms with Crippen LogP contribution in [0.15, 0.2) is 22.7 Å². The van der Waals surface area contributed by atoms with Gasteiger partial charge >= 0.3 is 0 Å². The van der Waals surface area contributed by atoms with Crippen LogP contribution in [0.3, 0.4) is 0 Å². The molecule has 17 heavy (non-hydrogen) atoms. The fourth-order valence-electron chi connectivity index (χ4n) is 3.10. The van der Waals surface area contributed by atoms with Gasteiger partial charge in [0, 0.05) is 41.8 Å². The number of benzene rings is 1. The van der Waals surface area contributed by atoms with Crippen LogP contribution in [0.25, 0.3) is 0 Å². The molecule has 4 heteroatoms. The molecule has 2 N–H and O–H groups in total. The molecule has 0 bridgehead atoms. The number of ether oxygens (including phenoxy) is 1. The first-order valence-electron chi connectivity index (χ1n) is 6.04. The number of rotatable bonds is 0. The summed E-state index contributed by atoms with van der Waals surface area (Å²) in [7, 11) is 2.17. The Balaban J connectivity index is 2.07. The van der Waals surface area contributed by atoms with Crippen molar-refractivity contribution < 1.29 is 4.74 Å². The van der Waals surface area contributed by atoms with E-state index in [1.165, 1.54) is 11.3 Å². The maximum absolute atomic E-state index is 6.40. The Labute approximate surface area is 110 Å². The highest BCUT2D eigenvalue weighted by atomic mass is 79.9. The number of nitrogens with zero attached hydrogens (tertiary/aromatic N) is 1. The highest BCUT2D eigenvalue weighted by molar-refractivity contribution is 9.10. The Bertz CT molecular complexity index is 437. The third-order valence-corrected chi connectivity index (χ3v) is 4.54. The van der Waals surface area contributed by atoms with Crippen LogP contribution in [-0.4, -0.2) is 26.3 Å². The molecular weight excluding hydrogens is 280 g/mol. The number of hydrogen-bond donors (Lipinski definition) is 1. The number of nitrogens with two attached hydrogens (primary N) is 1. The summed E-state index contributed by atoms with van der Waals surface area (Å²) in [4.78, 5) is 2.37. The molecule has 1 fully saturated rings. The van der Waals surface area contributed by atoms with E-state index in [2.05, 4.69) is 46.1 Å². The van der Waals surface area contributed by atoms with E-state index in [-0.39, 0.29) is 6.04 Å². The molecular formula is C13H17BrN2O. The van der Waals surface area contributed by atoms with Crippen molar-refractivity contribution in [3.05, 3.63) is 28.2 Å². The maximum Gasteiger partial charge on any atom is 0.0532 e. The topological polar surface area (TPSA) is 38.5 Å². The van der Waals surface area contributed by atoms with Gasteiger partial charge in [-0.3, -0.25) is 0 Å². The average molecular weight is 297 g/mol. The van der Waals surface area contributed by atoms with Crippen LogP contribution in [0.4, 0.5) is 5.69 Å². The van der Waals surface area contributed by atoms with E-state index in [1.807, 2.05) is 0 Å². The van der Waals surface area contributed by atoms with Crippen molar-refractivity contribution in [2.45, 2.75) is 18.5 Å². The van der Waals surface area contributed by atoms with Gasteiger partial charge in [-0.25, -0.2) is 0 Å². The van der Waals surface area contributed by atoms with Crippen molar-refractivity contribution in [1.29, 1.82) is 0 Å². The van der Waals surface area contributed by atoms with E-state index < -0.39 is 0 Å². The van der Waals surface area contributed by atoms with Gasteiger partial charge in [0.25, 0.3) is 0 Å². The molecule has 0 aliphatic carbocycles. The van der Waals surface area contributed by atoms with Gasteiger partial charge in [0.15, 0.2) is 0 Å². The minimum Gasteiger partial charge on any atom is -0.381 e. The van der Waals surface area contributed by atoms with E-state index in [0.29, 0.717) is 12.0 Å². The van der Waals surface area contributed by atoms with Gasteiger partial charge in [-0.2, -0.15) is 0 Å².